The van der Waals surface area contributed by atoms with Crippen LogP contribution in [0.25, 0.3) is 11.1 Å². The van der Waals surface area contributed by atoms with E-state index in [0.717, 1.165) is 6.07 Å². The van der Waals surface area contributed by atoms with Crippen LogP contribution in [0.2, 0.25) is 0 Å². The van der Waals surface area contributed by atoms with Gasteiger partial charge in [-0.05, 0) is 35.4 Å². The van der Waals surface area contributed by atoms with Crippen molar-refractivity contribution in [2.24, 2.45) is 0 Å². The molecule has 0 aliphatic heterocycles. The van der Waals surface area contributed by atoms with E-state index < -0.39 is 5.82 Å². The molecule has 17 heavy (non-hydrogen) atoms. The van der Waals surface area contributed by atoms with Crippen LogP contribution in [0.5, 0.6) is 11.5 Å². The van der Waals surface area contributed by atoms with Gasteiger partial charge in [0.2, 0.25) is 0 Å². The van der Waals surface area contributed by atoms with Gasteiger partial charge in [-0.25, -0.2) is 4.39 Å². The summed E-state index contributed by atoms with van der Waals surface area (Å²) in [5.41, 5.74) is 1.10. The molecule has 0 aliphatic carbocycles. The summed E-state index contributed by atoms with van der Waals surface area (Å²) >= 11 is 0. The Morgan fingerprint density at radius 1 is 1.00 bits per heavy atom. The van der Waals surface area contributed by atoms with Crippen molar-refractivity contribution in [2.75, 3.05) is 0 Å². The number of aromatic hydroxyl groups is 2. The Labute approximate surface area is 97.0 Å². The maximum Gasteiger partial charge on any atom is 0.133 e. The average Bonchev–Trinajstić information content (AvgIpc) is 2.28. The fourth-order valence-electron chi connectivity index (χ4n) is 1.55. The summed E-state index contributed by atoms with van der Waals surface area (Å²) in [6, 6.07) is 9.79. The van der Waals surface area contributed by atoms with Crippen molar-refractivity contribution >= 4 is 0 Å². The first-order valence-electron chi connectivity index (χ1n) is 4.83. The molecule has 0 spiro atoms. The lowest BCUT2D eigenvalue weighted by Gasteiger charge is -2.04. The van der Waals surface area contributed by atoms with E-state index in [-0.39, 0.29) is 17.1 Å². The minimum absolute atomic E-state index is 0.103. The predicted molar refractivity (Wildman–Crippen MR) is 59.9 cm³/mol. The van der Waals surface area contributed by atoms with E-state index in [1.165, 1.54) is 24.3 Å². The van der Waals surface area contributed by atoms with Crippen LogP contribution < -0.4 is 0 Å². The smallest absolute Gasteiger partial charge is 0.133 e. The normalized spacial score (nSPS) is 9.88. The van der Waals surface area contributed by atoms with Gasteiger partial charge in [-0.1, -0.05) is 6.07 Å². The van der Waals surface area contributed by atoms with Gasteiger partial charge in [-0.3, -0.25) is 0 Å². The second-order valence-corrected chi connectivity index (χ2v) is 3.54. The molecule has 0 fully saturated rings. The summed E-state index contributed by atoms with van der Waals surface area (Å²) in [4.78, 5) is 0. The van der Waals surface area contributed by atoms with Crippen LogP contribution in [0.15, 0.2) is 36.4 Å². The van der Waals surface area contributed by atoms with Gasteiger partial charge in [0.05, 0.1) is 5.56 Å². The highest BCUT2D eigenvalue weighted by molar-refractivity contribution is 5.68. The van der Waals surface area contributed by atoms with Crippen molar-refractivity contribution in [3.8, 4) is 28.7 Å². The van der Waals surface area contributed by atoms with E-state index >= 15 is 0 Å². The Bertz CT molecular complexity index is 597. The molecule has 0 bridgehead atoms. The van der Waals surface area contributed by atoms with E-state index in [9.17, 15) is 14.6 Å². The van der Waals surface area contributed by atoms with Crippen molar-refractivity contribution < 1.29 is 14.6 Å². The fraction of sp³-hybridized carbons (Fsp3) is 0. The highest BCUT2D eigenvalue weighted by Gasteiger charge is 2.06. The minimum atomic E-state index is -0.563. The molecule has 0 unspecified atom stereocenters. The van der Waals surface area contributed by atoms with Gasteiger partial charge in [-0.15, -0.1) is 0 Å². The maximum absolute atomic E-state index is 13.1. The zero-order valence-corrected chi connectivity index (χ0v) is 8.68. The lowest BCUT2D eigenvalue weighted by atomic mass is 10.0. The minimum Gasteiger partial charge on any atom is -0.508 e. The second-order valence-electron chi connectivity index (χ2n) is 3.54. The summed E-state index contributed by atoms with van der Waals surface area (Å²) in [7, 11) is 0. The molecular weight excluding hydrogens is 221 g/mol. The molecule has 0 heterocycles. The first-order valence-corrected chi connectivity index (χ1v) is 4.83. The lowest BCUT2D eigenvalue weighted by Crippen LogP contribution is -1.83. The molecule has 2 rings (SSSR count). The zero-order valence-electron chi connectivity index (χ0n) is 8.68. The van der Waals surface area contributed by atoms with E-state index in [1.54, 1.807) is 6.07 Å². The van der Waals surface area contributed by atoms with E-state index in [0.29, 0.717) is 11.1 Å². The summed E-state index contributed by atoms with van der Waals surface area (Å²) in [5.74, 6) is -0.880. The third kappa shape index (κ3) is 2.18. The largest absolute Gasteiger partial charge is 0.508 e. The number of rotatable bonds is 1. The molecule has 84 valence electrons. The van der Waals surface area contributed by atoms with Gasteiger partial charge in [-0.2, -0.15) is 5.26 Å². The summed E-state index contributed by atoms with van der Waals surface area (Å²) < 4.78 is 13.1. The SMILES string of the molecule is N#Cc1cc(-c2cc(O)cc(F)c2)ccc1O. The van der Waals surface area contributed by atoms with E-state index in [2.05, 4.69) is 0 Å². The standard InChI is InChI=1S/C13H8FNO2/c14-11-4-9(5-12(16)6-11)8-1-2-13(17)10(3-8)7-15/h1-6,16-17H. The number of benzene rings is 2. The monoisotopic (exact) mass is 229 g/mol. The molecular formula is C13H8FNO2. The Kier molecular flexibility index (Phi) is 2.67. The summed E-state index contributed by atoms with van der Waals surface area (Å²) in [5, 5.41) is 27.4. The molecule has 0 atom stereocenters. The quantitative estimate of drug-likeness (QED) is 0.790. The van der Waals surface area contributed by atoms with Crippen LogP contribution in [0.4, 0.5) is 4.39 Å². The van der Waals surface area contributed by atoms with Crippen molar-refractivity contribution in [1.82, 2.24) is 0 Å². The van der Waals surface area contributed by atoms with Crippen molar-refractivity contribution in [2.45, 2.75) is 0 Å². The van der Waals surface area contributed by atoms with Crippen LogP contribution in [0, 0.1) is 17.1 Å². The molecule has 0 radical (unpaired) electrons. The number of halogens is 1. The molecule has 0 aromatic heterocycles. The highest BCUT2D eigenvalue weighted by atomic mass is 19.1. The van der Waals surface area contributed by atoms with Crippen LogP contribution in [-0.4, -0.2) is 10.2 Å². The number of nitrogens with zero attached hydrogens (tertiary/aromatic N) is 1. The van der Waals surface area contributed by atoms with Crippen LogP contribution >= 0.6 is 0 Å². The fourth-order valence-corrected chi connectivity index (χ4v) is 1.55. The summed E-state index contributed by atoms with van der Waals surface area (Å²) in [6.45, 7) is 0. The molecule has 0 amide bonds. The average molecular weight is 229 g/mol. The van der Waals surface area contributed by atoms with E-state index in [1.807, 2.05) is 6.07 Å². The third-order valence-corrected chi connectivity index (χ3v) is 2.33. The Hall–Kier alpha value is -2.54. The summed E-state index contributed by atoms with van der Waals surface area (Å²) in [6.07, 6.45) is 0. The zero-order chi connectivity index (χ0) is 12.4. The number of phenolic OH excluding ortho intramolecular Hbond substituents is 2. The molecule has 2 aromatic carbocycles. The van der Waals surface area contributed by atoms with Crippen molar-refractivity contribution in [3.05, 3.63) is 47.8 Å². The Morgan fingerprint density at radius 3 is 2.41 bits per heavy atom. The van der Waals surface area contributed by atoms with Gasteiger partial charge in [0.1, 0.15) is 23.4 Å². The predicted octanol–water partition coefficient (Wildman–Crippen LogP) is 2.78. The molecule has 0 aliphatic rings. The molecule has 4 heteroatoms. The van der Waals surface area contributed by atoms with Gasteiger partial charge < -0.3 is 10.2 Å². The second kappa shape index (κ2) is 4.14. The van der Waals surface area contributed by atoms with Gasteiger partial charge in [0.25, 0.3) is 0 Å². The Balaban J connectivity index is 2.57. The van der Waals surface area contributed by atoms with Crippen LogP contribution in [0.3, 0.4) is 0 Å². The first-order chi connectivity index (χ1) is 8.10. The number of nitriles is 1. The van der Waals surface area contributed by atoms with Gasteiger partial charge in [0.15, 0.2) is 0 Å². The molecule has 0 saturated heterocycles. The molecule has 2 aromatic rings. The van der Waals surface area contributed by atoms with Crippen LogP contribution in [-0.2, 0) is 0 Å². The molecule has 0 saturated carbocycles. The first kappa shape index (κ1) is 11.0. The number of hydrogen-bond acceptors (Lipinski definition) is 3. The van der Waals surface area contributed by atoms with Gasteiger partial charge in [0, 0.05) is 6.07 Å². The Morgan fingerprint density at radius 2 is 1.76 bits per heavy atom. The molecule has 2 N–H and O–H groups in total. The number of phenols is 2. The van der Waals surface area contributed by atoms with Crippen molar-refractivity contribution in [1.29, 1.82) is 5.26 Å². The maximum atomic E-state index is 13.1. The number of hydrogen-bond donors (Lipinski definition) is 2. The van der Waals surface area contributed by atoms with E-state index in [4.69, 9.17) is 5.26 Å². The van der Waals surface area contributed by atoms with Crippen LogP contribution in [0.1, 0.15) is 5.56 Å². The lowest BCUT2D eigenvalue weighted by molar-refractivity contribution is 0.469. The third-order valence-electron chi connectivity index (χ3n) is 2.33. The van der Waals surface area contributed by atoms with Crippen molar-refractivity contribution in [3.63, 3.8) is 0 Å². The van der Waals surface area contributed by atoms with Gasteiger partial charge >= 0.3 is 0 Å². The molecule has 3 nitrogen and oxygen atoms in total. The highest BCUT2D eigenvalue weighted by Crippen LogP contribution is 2.28. The topological polar surface area (TPSA) is 64.2 Å².